The number of thiazole rings is 1. The van der Waals surface area contributed by atoms with Gasteiger partial charge in [0.15, 0.2) is 0 Å². The molecule has 3 nitrogen and oxygen atoms in total. The van der Waals surface area contributed by atoms with Crippen molar-refractivity contribution in [3.8, 4) is 0 Å². The lowest BCUT2D eigenvalue weighted by atomic mass is 10.4. The SMILES string of the molecule is Clc1cnc(NCc2nccs2)c(Cl)c1. The topological polar surface area (TPSA) is 37.8 Å². The van der Waals surface area contributed by atoms with Crippen molar-refractivity contribution < 1.29 is 0 Å². The molecule has 0 atom stereocenters. The summed E-state index contributed by atoms with van der Waals surface area (Å²) in [5, 5.41) is 7.04. The molecule has 0 amide bonds. The van der Waals surface area contributed by atoms with Gasteiger partial charge in [0.05, 0.1) is 16.6 Å². The van der Waals surface area contributed by atoms with Crippen molar-refractivity contribution in [2.45, 2.75) is 6.54 Å². The molecule has 0 aliphatic heterocycles. The minimum Gasteiger partial charge on any atom is -0.362 e. The molecule has 0 bridgehead atoms. The number of aromatic nitrogens is 2. The summed E-state index contributed by atoms with van der Waals surface area (Å²) in [6.45, 7) is 0.617. The number of anilines is 1. The van der Waals surface area contributed by atoms with E-state index in [0.29, 0.717) is 22.4 Å². The van der Waals surface area contributed by atoms with Crippen LogP contribution in [0.5, 0.6) is 0 Å². The first-order valence-electron chi connectivity index (χ1n) is 4.19. The van der Waals surface area contributed by atoms with Crippen LogP contribution < -0.4 is 5.32 Å². The number of pyridine rings is 1. The van der Waals surface area contributed by atoms with Gasteiger partial charge in [0.1, 0.15) is 10.8 Å². The predicted molar refractivity (Wildman–Crippen MR) is 63.7 cm³/mol. The van der Waals surface area contributed by atoms with E-state index in [1.807, 2.05) is 5.38 Å². The van der Waals surface area contributed by atoms with Crippen LogP contribution in [-0.2, 0) is 6.54 Å². The summed E-state index contributed by atoms with van der Waals surface area (Å²) >= 11 is 13.3. The van der Waals surface area contributed by atoms with Crippen LogP contribution in [0.4, 0.5) is 5.82 Å². The molecule has 0 spiro atoms. The van der Waals surface area contributed by atoms with Crippen LogP contribution >= 0.6 is 34.5 Å². The maximum absolute atomic E-state index is 5.94. The van der Waals surface area contributed by atoms with E-state index in [9.17, 15) is 0 Å². The Balaban J connectivity index is 2.05. The van der Waals surface area contributed by atoms with E-state index >= 15 is 0 Å². The first-order chi connectivity index (χ1) is 7.25. The average molecular weight is 260 g/mol. The van der Waals surface area contributed by atoms with E-state index in [4.69, 9.17) is 23.2 Å². The van der Waals surface area contributed by atoms with Gasteiger partial charge < -0.3 is 5.32 Å². The molecule has 0 saturated heterocycles. The minimum absolute atomic E-state index is 0.513. The normalized spacial score (nSPS) is 10.3. The van der Waals surface area contributed by atoms with Crippen LogP contribution in [-0.4, -0.2) is 9.97 Å². The molecule has 15 heavy (non-hydrogen) atoms. The van der Waals surface area contributed by atoms with Gasteiger partial charge in [-0.05, 0) is 6.07 Å². The van der Waals surface area contributed by atoms with Gasteiger partial charge in [-0.15, -0.1) is 11.3 Å². The molecule has 0 fully saturated rings. The van der Waals surface area contributed by atoms with Gasteiger partial charge in [-0.2, -0.15) is 0 Å². The Bertz CT molecular complexity index is 445. The van der Waals surface area contributed by atoms with Gasteiger partial charge in [0.2, 0.25) is 0 Å². The predicted octanol–water partition coefficient (Wildman–Crippen LogP) is 3.46. The lowest BCUT2D eigenvalue weighted by molar-refractivity contribution is 1.08. The van der Waals surface area contributed by atoms with Crippen LogP contribution in [0, 0.1) is 0 Å². The highest BCUT2D eigenvalue weighted by Gasteiger charge is 2.03. The van der Waals surface area contributed by atoms with Crippen LogP contribution in [0.2, 0.25) is 10.0 Å². The fraction of sp³-hybridized carbons (Fsp3) is 0.111. The molecule has 0 saturated carbocycles. The molecule has 0 aliphatic carbocycles. The summed E-state index contributed by atoms with van der Waals surface area (Å²) < 4.78 is 0. The number of halogens is 2. The summed E-state index contributed by atoms with van der Waals surface area (Å²) in [5.74, 6) is 0.622. The van der Waals surface area contributed by atoms with E-state index in [1.165, 1.54) is 0 Å². The smallest absolute Gasteiger partial charge is 0.145 e. The molecule has 2 rings (SSSR count). The largest absolute Gasteiger partial charge is 0.362 e. The highest BCUT2D eigenvalue weighted by molar-refractivity contribution is 7.09. The average Bonchev–Trinajstić information content (AvgIpc) is 2.69. The Morgan fingerprint density at radius 2 is 2.20 bits per heavy atom. The lowest BCUT2D eigenvalue weighted by Gasteiger charge is -2.05. The Kier molecular flexibility index (Phi) is 3.41. The molecule has 1 N–H and O–H groups in total. The quantitative estimate of drug-likeness (QED) is 0.918. The highest BCUT2D eigenvalue weighted by atomic mass is 35.5. The van der Waals surface area contributed by atoms with Crippen molar-refractivity contribution in [2.75, 3.05) is 5.32 Å². The third-order valence-electron chi connectivity index (χ3n) is 1.70. The van der Waals surface area contributed by atoms with E-state index in [2.05, 4.69) is 15.3 Å². The fourth-order valence-corrected chi connectivity index (χ4v) is 2.05. The molecule has 2 heterocycles. The molecular formula is C9H7Cl2N3S. The maximum atomic E-state index is 5.94. The van der Waals surface area contributed by atoms with Crippen molar-refractivity contribution >= 4 is 40.4 Å². The van der Waals surface area contributed by atoms with Gasteiger partial charge in [-0.3, -0.25) is 0 Å². The monoisotopic (exact) mass is 259 g/mol. The maximum Gasteiger partial charge on any atom is 0.145 e. The molecule has 0 aliphatic rings. The van der Waals surface area contributed by atoms with Gasteiger partial charge in [-0.25, -0.2) is 9.97 Å². The second-order valence-corrected chi connectivity index (χ2v) is 4.59. The van der Waals surface area contributed by atoms with E-state index < -0.39 is 0 Å². The third-order valence-corrected chi connectivity index (χ3v) is 2.97. The fourth-order valence-electron chi connectivity index (χ4n) is 1.04. The molecule has 2 aromatic heterocycles. The number of rotatable bonds is 3. The molecule has 2 aromatic rings. The molecule has 0 aromatic carbocycles. The zero-order chi connectivity index (χ0) is 10.7. The standard InChI is InChI=1S/C9H7Cl2N3S/c10-6-3-7(11)9(13-4-6)14-5-8-12-1-2-15-8/h1-4H,5H2,(H,13,14). The van der Waals surface area contributed by atoms with Crippen molar-refractivity contribution in [2.24, 2.45) is 0 Å². The van der Waals surface area contributed by atoms with Crippen LogP contribution in [0.25, 0.3) is 0 Å². The van der Waals surface area contributed by atoms with Crippen LogP contribution in [0.15, 0.2) is 23.8 Å². The van der Waals surface area contributed by atoms with Crippen molar-refractivity contribution in [1.29, 1.82) is 0 Å². The Morgan fingerprint density at radius 1 is 1.33 bits per heavy atom. The second kappa shape index (κ2) is 4.79. The Hall–Kier alpha value is -0.840. The van der Waals surface area contributed by atoms with Gasteiger partial charge in [0.25, 0.3) is 0 Å². The minimum atomic E-state index is 0.513. The molecular weight excluding hydrogens is 253 g/mol. The zero-order valence-corrected chi connectivity index (χ0v) is 9.90. The first-order valence-corrected chi connectivity index (χ1v) is 5.82. The summed E-state index contributed by atoms with van der Waals surface area (Å²) in [5.41, 5.74) is 0. The van der Waals surface area contributed by atoms with E-state index in [-0.39, 0.29) is 0 Å². The summed E-state index contributed by atoms with van der Waals surface area (Å²) in [7, 11) is 0. The van der Waals surface area contributed by atoms with Crippen molar-refractivity contribution in [1.82, 2.24) is 9.97 Å². The molecule has 78 valence electrons. The summed E-state index contributed by atoms with van der Waals surface area (Å²) in [4.78, 5) is 8.22. The molecule has 0 radical (unpaired) electrons. The van der Waals surface area contributed by atoms with Crippen LogP contribution in [0.1, 0.15) is 5.01 Å². The lowest BCUT2D eigenvalue weighted by Crippen LogP contribution is -2.01. The number of nitrogens with one attached hydrogen (secondary N) is 1. The summed E-state index contributed by atoms with van der Waals surface area (Å²) in [6.07, 6.45) is 3.32. The van der Waals surface area contributed by atoms with Gasteiger partial charge in [-0.1, -0.05) is 23.2 Å². The van der Waals surface area contributed by atoms with Crippen molar-refractivity contribution in [3.05, 3.63) is 38.9 Å². The van der Waals surface area contributed by atoms with Gasteiger partial charge >= 0.3 is 0 Å². The number of nitrogens with zero attached hydrogens (tertiary/aromatic N) is 2. The molecule has 6 heteroatoms. The molecule has 0 unspecified atom stereocenters. The third kappa shape index (κ3) is 2.81. The summed E-state index contributed by atoms with van der Waals surface area (Å²) in [6, 6.07) is 1.65. The second-order valence-electron chi connectivity index (χ2n) is 2.76. The van der Waals surface area contributed by atoms with Crippen LogP contribution in [0.3, 0.4) is 0 Å². The highest BCUT2D eigenvalue weighted by Crippen LogP contribution is 2.23. The van der Waals surface area contributed by atoms with Crippen molar-refractivity contribution in [3.63, 3.8) is 0 Å². The number of hydrogen-bond donors (Lipinski definition) is 1. The number of hydrogen-bond acceptors (Lipinski definition) is 4. The van der Waals surface area contributed by atoms with E-state index in [0.717, 1.165) is 5.01 Å². The zero-order valence-electron chi connectivity index (χ0n) is 7.58. The Labute approximate surface area is 101 Å². The van der Waals surface area contributed by atoms with E-state index in [1.54, 1.807) is 29.8 Å². The Morgan fingerprint density at radius 3 is 2.87 bits per heavy atom. The van der Waals surface area contributed by atoms with Gasteiger partial charge in [0, 0.05) is 17.8 Å². The first kappa shape index (κ1) is 10.7.